The predicted octanol–water partition coefficient (Wildman–Crippen LogP) is 5.63. The number of carbonyl (C=O) groups is 1. The lowest BCUT2D eigenvalue weighted by molar-refractivity contribution is 0.0785. The average Bonchev–Trinajstić information content (AvgIpc) is 3.31. The molecule has 0 atom stereocenters. The van der Waals surface area contributed by atoms with Crippen LogP contribution < -0.4 is 0 Å². The summed E-state index contributed by atoms with van der Waals surface area (Å²) in [4.78, 5) is 24.7. The Hall–Kier alpha value is -2.22. The Morgan fingerprint density at radius 1 is 1.11 bits per heavy atom. The average molecular weight is 426 g/mol. The van der Waals surface area contributed by atoms with E-state index in [0.717, 1.165) is 36.6 Å². The SMILES string of the molecule is Cc1nc(CSc2ccc(C(=O)N(C)Cc3nc4ccccc4s3)cc2)cs1. The Morgan fingerprint density at radius 3 is 2.61 bits per heavy atom. The van der Waals surface area contributed by atoms with Gasteiger partial charge >= 0.3 is 0 Å². The number of rotatable bonds is 6. The molecule has 0 saturated heterocycles. The highest BCUT2D eigenvalue weighted by Crippen LogP contribution is 2.25. The highest BCUT2D eigenvalue weighted by atomic mass is 32.2. The van der Waals surface area contributed by atoms with Crippen LogP contribution in [-0.2, 0) is 12.3 Å². The van der Waals surface area contributed by atoms with E-state index in [1.807, 2.05) is 56.4 Å². The van der Waals surface area contributed by atoms with Crippen molar-refractivity contribution in [3.05, 3.63) is 75.2 Å². The molecule has 1 amide bonds. The molecule has 142 valence electrons. The third-order valence-corrected chi connectivity index (χ3v) is 7.10. The van der Waals surface area contributed by atoms with Gasteiger partial charge in [0, 0.05) is 28.6 Å². The van der Waals surface area contributed by atoms with Gasteiger partial charge in [-0.1, -0.05) is 12.1 Å². The standard InChI is InChI=1S/C21H19N3OS3/c1-14-22-16(12-26-14)13-27-17-9-7-15(8-10-17)21(25)24(2)11-20-23-18-5-3-4-6-19(18)28-20/h3-10,12H,11,13H2,1-2H3. The zero-order valence-corrected chi connectivity index (χ0v) is 18.0. The number of aryl methyl sites for hydroxylation is 1. The highest BCUT2D eigenvalue weighted by Gasteiger charge is 2.14. The van der Waals surface area contributed by atoms with Crippen LogP contribution in [0, 0.1) is 6.92 Å². The Morgan fingerprint density at radius 2 is 1.89 bits per heavy atom. The number of nitrogens with zero attached hydrogens (tertiary/aromatic N) is 3. The monoisotopic (exact) mass is 425 g/mol. The summed E-state index contributed by atoms with van der Waals surface area (Å²) in [6.07, 6.45) is 0. The van der Waals surface area contributed by atoms with Gasteiger partial charge in [-0.05, 0) is 43.3 Å². The number of fused-ring (bicyclic) bond motifs is 1. The molecule has 0 saturated carbocycles. The fourth-order valence-corrected chi connectivity index (χ4v) is 5.34. The van der Waals surface area contributed by atoms with Crippen molar-refractivity contribution in [2.24, 2.45) is 0 Å². The summed E-state index contributed by atoms with van der Waals surface area (Å²) in [5.41, 5.74) is 2.78. The van der Waals surface area contributed by atoms with Crippen LogP contribution in [0.3, 0.4) is 0 Å². The Balaban J connectivity index is 1.38. The summed E-state index contributed by atoms with van der Waals surface area (Å²) in [6.45, 7) is 2.53. The van der Waals surface area contributed by atoms with E-state index >= 15 is 0 Å². The number of hydrogen-bond acceptors (Lipinski definition) is 6. The molecule has 7 heteroatoms. The van der Waals surface area contributed by atoms with E-state index < -0.39 is 0 Å². The number of thiazole rings is 2. The van der Waals surface area contributed by atoms with Crippen LogP contribution in [-0.4, -0.2) is 27.8 Å². The molecule has 0 N–H and O–H groups in total. The van der Waals surface area contributed by atoms with Gasteiger partial charge in [0.05, 0.1) is 27.5 Å². The third-order valence-electron chi connectivity index (χ3n) is 4.21. The van der Waals surface area contributed by atoms with Crippen LogP contribution in [0.15, 0.2) is 58.8 Å². The molecule has 0 spiro atoms. The van der Waals surface area contributed by atoms with Crippen LogP contribution in [0.1, 0.15) is 26.1 Å². The van der Waals surface area contributed by atoms with Crippen molar-refractivity contribution >= 4 is 50.6 Å². The van der Waals surface area contributed by atoms with Crippen LogP contribution in [0.2, 0.25) is 0 Å². The molecular weight excluding hydrogens is 406 g/mol. The highest BCUT2D eigenvalue weighted by molar-refractivity contribution is 7.98. The molecule has 4 nitrogen and oxygen atoms in total. The Kier molecular flexibility index (Phi) is 5.75. The first kappa shape index (κ1) is 19.1. The second-order valence-electron chi connectivity index (χ2n) is 6.41. The van der Waals surface area contributed by atoms with Crippen LogP contribution in [0.4, 0.5) is 0 Å². The van der Waals surface area contributed by atoms with Gasteiger partial charge in [0.2, 0.25) is 0 Å². The number of thioether (sulfide) groups is 1. The lowest BCUT2D eigenvalue weighted by Crippen LogP contribution is -2.26. The Bertz CT molecular complexity index is 1070. The lowest BCUT2D eigenvalue weighted by Gasteiger charge is -2.15. The van der Waals surface area contributed by atoms with Gasteiger partial charge in [0.25, 0.3) is 5.91 Å². The summed E-state index contributed by atoms with van der Waals surface area (Å²) in [5.74, 6) is 0.848. The molecule has 28 heavy (non-hydrogen) atoms. The van der Waals surface area contributed by atoms with Gasteiger partial charge in [-0.3, -0.25) is 4.79 Å². The molecule has 0 bridgehead atoms. The third kappa shape index (κ3) is 4.43. The molecular formula is C21H19N3OS3. The van der Waals surface area contributed by atoms with Crippen molar-refractivity contribution < 1.29 is 4.79 Å². The largest absolute Gasteiger partial charge is 0.335 e. The normalized spacial score (nSPS) is 11.1. The first-order chi connectivity index (χ1) is 13.6. The van der Waals surface area contributed by atoms with Crippen molar-refractivity contribution in [2.45, 2.75) is 24.1 Å². The van der Waals surface area contributed by atoms with E-state index in [2.05, 4.69) is 21.4 Å². The number of amides is 1. The zero-order valence-electron chi connectivity index (χ0n) is 15.6. The molecule has 4 aromatic rings. The fourth-order valence-electron chi connectivity index (χ4n) is 2.81. The van der Waals surface area contributed by atoms with E-state index in [-0.39, 0.29) is 5.91 Å². The second-order valence-corrected chi connectivity index (χ2v) is 9.63. The lowest BCUT2D eigenvalue weighted by atomic mass is 10.2. The quantitative estimate of drug-likeness (QED) is 0.376. The first-order valence-corrected chi connectivity index (χ1v) is 11.5. The molecule has 0 aliphatic rings. The fraction of sp³-hybridized carbons (Fsp3) is 0.190. The van der Waals surface area contributed by atoms with Crippen molar-refractivity contribution in [3.8, 4) is 0 Å². The predicted molar refractivity (Wildman–Crippen MR) is 118 cm³/mol. The minimum atomic E-state index is 0.00549. The summed E-state index contributed by atoms with van der Waals surface area (Å²) in [5, 5.41) is 4.13. The van der Waals surface area contributed by atoms with E-state index in [1.54, 1.807) is 39.3 Å². The minimum Gasteiger partial charge on any atom is -0.335 e. The zero-order chi connectivity index (χ0) is 19.5. The molecule has 2 heterocycles. The summed E-state index contributed by atoms with van der Waals surface area (Å²) in [6, 6.07) is 15.8. The molecule has 0 aliphatic heterocycles. The maximum atomic E-state index is 12.7. The number of para-hydroxylation sites is 1. The summed E-state index contributed by atoms with van der Waals surface area (Å²) < 4.78 is 1.15. The molecule has 0 aliphatic carbocycles. The van der Waals surface area contributed by atoms with Crippen molar-refractivity contribution in [1.82, 2.24) is 14.9 Å². The van der Waals surface area contributed by atoms with E-state index in [9.17, 15) is 4.79 Å². The number of benzene rings is 2. The number of aromatic nitrogens is 2. The van der Waals surface area contributed by atoms with Crippen molar-refractivity contribution in [3.63, 3.8) is 0 Å². The van der Waals surface area contributed by atoms with Gasteiger partial charge in [0.1, 0.15) is 5.01 Å². The number of carbonyl (C=O) groups excluding carboxylic acids is 1. The second kappa shape index (κ2) is 8.43. The summed E-state index contributed by atoms with van der Waals surface area (Å²) >= 11 is 5.04. The van der Waals surface area contributed by atoms with Gasteiger partial charge < -0.3 is 4.90 Å². The van der Waals surface area contributed by atoms with Crippen LogP contribution >= 0.6 is 34.4 Å². The molecule has 2 aromatic carbocycles. The molecule has 0 unspecified atom stereocenters. The van der Waals surface area contributed by atoms with Gasteiger partial charge in [0.15, 0.2) is 0 Å². The van der Waals surface area contributed by atoms with E-state index in [1.165, 1.54) is 0 Å². The van der Waals surface area contributed by atoms with Gasteiger partial charge in [-0.25, -0.2) is 9.97 Å². The summed E-state index contributed by atoms with van der Waals surface area (Å²) in [7, 11) is 1.82. The van der Waals surface area contributed by atoms with Gasteiger partial charge in [-0.2, -0.15) is 0 Å². The van der Waals surface area contributed by atoms with Crippen molar-refractivity contribution in [1.29, 1.82) is 0 Å². The molecule has 0 fully saturated rings. The topological polar surface area (TPSA) is 46.1 Å². The van der Waals surface area contributed by atoms with Gasteiger partial charge in [-0.15, -0.1) is 34.4 Å². The Labute approximate surface area is 176 Å². The smallest absolute Gasteiger partial charge is 0.253 e. The maximum absolute atomic E-state index is 12.7. The van der Waals surface area contributed by atoms with E-state index in [4.69, 9.17) is 0 Å². The van der Waals surface area contributed by atoms with Crippen molar-refractivity contribution in [2.75, 3.05) is 7.05 Å². The first-order valence-electron chi connectivity index (χ1n) is 8.82. The maximum Gasteiger partial charge on any atom is 0.253 e. The minimum absolute atomic E-state index is 0.00549. The van der Waals surface area contributed by atoms with E-state index in [0.29, 0.717) is 12.1 Å². The molecule has 0 radical (unpaired) electrons. The molecule has 4 rings (SSSR count). The number of hydrogen-bond donors (Lipinski definition) is 0. The van der Waals surface area contributed by atoms with Crippen LogP contribution in [0.25, 0.3) is 10.2 Å². The van der Waals surface area contributed by atoms with Crippen LogP contribution in [0.5, 0.6) is 0 Å². The molecule has 2 aromatic heterocycles.